The fourth-order valence-electron chi connectivity index (χ4n) is 1.65. The number of halogens is 1. The van der Waals surface area contributed by atoms with Gasteiger partial charge in [-0.05, 0) is 31.5 Å². The van der Waals surface area contributed by atoms with E-state index in [4.69, 9.17) is 17.3 Å². The maximum Gasteiger partial charge on any atom is 0.263 e. The topological polar surface area (TPSA) is 55.1 Å². The molecule has 1 amide bonds. The van der Waals surface area contributed by atoms with Gasteiger partial charge < -0.3 is 11.1 Å². The van der Waals surface area contributed by atoms with Crippen LogP contribution in [0.4, 0.5) is 5.69 Å². The van der Waals surface area contributed by atoms with E-state index < -0.39 is 0 Å². The Balaban J connectivity index is 2.39. The van der Waals surface area contributed by atoms with Crippen molar-refractivity contribution in [3.05, 3.63) is 28.1 Å². The molecule has 0 aliphatic heterocycles. The van der Waals surface area contributed by atoms with Crippen LogP contribution in [0, 0.1) is 0 Å². The summed E-state index contributed by atoms with van der Waals surface area (Å²) in [5, 5.41) is 4.46. The van der Waals surface area contributed by atoms with E-state index in [2.05, 4.69) is 5.32 Å². The van der Waals surface area contributed by atoms with Gasteiger partial charge in [-0.3, -0.25) is 4.79 Å². The highest BCUT2D eigenvalue weighted by atomic mass is 35.5. The number of hydrogen-bond acceptors (Lipinski definition) is 3. The molecule has 5 heteroatoms. The molecule has 0 saturated carbocycles. The maximum atomic E-state index is 12.1. The Bertz CT molecular complexity index is 594. The van der Waals surface area contributed by atoms with E-state index in [-0.39, 0.29) is 11.9 Å². The molecule has 1 aromatic heterocycles. The second-order valence-corrected chi connectivity index (χ2v) is 5.76. The van der Waals surface area contributed by atoms with Crippen molar-refractivity contribution < 1.29 is 4.79 Å². The normalized spacial score (nSPS) is 12.6. The lowest BCUT2D eigenvalue weighted by Gasteiger charge is -2.10. The van der Waals surface area contributed by atoms with Crippen LogP contribution >= 0.6 is 22.9 Å². The Labute approximate surface area is 115 Å². The van der Waals surface area contributed by atoms with Crippen LogP contribution in [0.3, 0.4) is 0 Å². The molecule has 96 valence electrons. The van der Waals surface area contributed by atoms with Crippen molar-refractivity contribution in [3.63, 3.8) is 0 Å². The molecular weight excluding hydrogens is 268 g/mol. The van der Waals surface area contributed by atoms with Crippen molar-refractivity contribution in [2.75, 3.05) is 5.73 Å². The second-order valence-electron chi connectivity index (χ2n) is 4.27. The minimum atomic E-state index is -0.112. The molecule has 1 atom stereocenters. The Morgan fingerprint density at radius 2 is 2.28 bits per heavy atom. The third-order valence-corrected chi connectivity index (χ3v) is 4.29. The number of anilines is 1. The quantitative estimate of drug-likeness (QED) is 0.902. The number of rotatable bonds is 3. The standard InChI is InChI=1S/C13H15ClN2OS/c1-3-7(2)16-13(17)12-11(15)9-5-4-8(14)6-10(9)18-12/h4-7H,3,15H2,1-2H3,(H,16,17). The molecule has 0 fully saturated rings. The summed E-state index contributed by atoms with van der Waals surface area (Å²) in [4.78, 5) is 12.6. The number of nitrogens with two attached hydrogens (primary N) is 1. The number of carbonyl (C=O) groups excluding carboxylic acids is 1. The van der Waals surface area contributed by atoms with Gasteiger partial charge in [0.1, 0.15) is 4.88 Å². The van der Waals surface area contributed by atoms with Crippen LogP contribution in [0.25, 0.3) is 10.1 Å². The van der Waals surface area contributed by atoms with Crippen molar-refractivity contribution in [1.29, 1.82) is 0 Å². The third-order valence-electron chi connectivity index (χ3n) is 2.89. The van der Waals surface area contributed by atoms with Crippen molar-refractivity contribution in [2.45, 2.75) is 26.3 Å². The fraction of sp³-hybridized carbons (Fsp3) is 0.308. The highest BCUT2D eigenvalue weighted by Gasteiger charge is 2.17. The Hall–Kier alpha value is -1.26. The van der Waals surface area contributed by atoms with Crippen LogP contribution in [-0.4, -0.2) is 11.9 Å². The molecule has 0 spiro atoms. The first kappa shape index (κ1) is 13.2. The van der Waals surface area contributed by atoms with Gasteiger partial charge in [0.05, 0.1) is 5.69 Å². The summed E-state index contributed by atoms with van der Waals surface area (Å²) in [5.41, 5.74) is 6.55. The summed E-state index contributed by atoms with van der Waals surface area (Å²) in [6.07, 6.45) is 0.891. The number of benzene rings is 1. The molecule has 1 aromatic carbocycles. The van der Waals surface area contributed by atoms with Crippen LogP contribution in [0.1, 0.15) is 29.9 Å². The van der Waals surface area contributed by atoms with E-state index >= 15 is 0 Å². The zero-order chi connectivity index (χ0) is 13.3. The minimum absolute atomic E-state index is 0.112. The number of nitrogens with one attached hydrogen (secondary N) is 1. The summed E-state index contributed by atoms with van der Waals surface area (Å²) in [5.74, 6) is -0.112. The molecule has 0 saturated heterocycles. The molecule has 0 bridgehead atoms. The summed E-state index contributed by atoms with van der Waals surface area (Å²) < 4.78 is 0.939. The van der Waals surface area contributed by atoms with Crippen molar-refractivity contribution in [2.24, 2.45) is 0 Å². The van der Waals surface area contributed by atoms with Gasteiger partial charge in [0.25, 0.3) is 5.91 Å². The zero-order valence-corrected chi connectivity index (χ0v) is 11.9. The number of fused-ring (bicyclic) bond motifs is 1. The lowest BCUT2D eigenvalue weighted by Crippen LogP contribution is -2.31. The summed E-state index contributed by atoms with van der Waals surface area (Å²) in [6.45, 7) is 4.00. The third kappa shape index (κ3) is 2.44. The van der Waals surface area contributed by atoms with Gasteiger partial charge in [-0.15, -0.1) is 11.3 Å². The molecule has 18 heavy (non-hydrogen) atoms. The molecule has 1 heterocycles. The first-order valence-corrected chi connectivity index (χ1v) is 7.00. The molecule has 2 rings (SSSR count). The summed E-state index contributed by atoms with van der Waals surface area (Å²) >= 11 is 7.31. The van der Waals surface area contributed by atoms with Crippen molar-refractivity contribution in [3.8, 4) is 0 Å². The average Bonchev–Trinajstić information content (AvgIpc) is 2.66. The number of nitrogen functional groups attached to an aromatic ring is 1. The van der Waals surface area contributed by atoms with Gasteiger partial charge in [0.15, 0.2) is 0 Å². The first-order chi connectivity index (χ1) is 8.52. The largest absolute Gasteiger partial charge is 0.397 e. The second kappa shape index (κ2) is 5.16. The monoisotopic (exact) mass is 282 g/mol. The Morgan fingerprint density at radius 3 is 2.94 bits per heavy atom. The van der Waals surface area contributed by atoms with Crippen molar-refractivity contribution >= 4 is 44.6 Å². The van der Waals surface area contributed by atoms with Gasteiger partial charge in [-0.2, -0.15) is 0 Å². The minimum Gasteiger partial charge on any atom is -0.397 e. The molecule has 0 aliphatic rings. The Morgan fingerprint density at radius 1 is 1.56 bits per heavy atom. The van der Waals surface area contributed by atoms with E-state index in [9.17, 15) is 4.79 Å². The predicted molar refractivity (Wildman–Crippen MR) is 78.5 cm³/mol. The summed E-state index contributed by atoms with van der Waals surface area (Å²) in [7, 11) is 0. The number of carbonyl (C=O) groups is 1. The van der Waals surface area contributed by atoms with Crippen LogP contribution in [-0.2, 0) is 0 Å². The van der Waals surface area contributed by atoms with E-state index in [1.165, 1.54) is 11.3 Å². The average molecular weight is 283 g/mol. The van der Waals surface area contributed by atoms with Gasteiger partial charge in [0, 0.05) is 21.2 Å². The molecular formula is C13H15ClN2OS. The van der Waals surface area contributed by atoms with Gasteiger partial charge >= 0.3 is 0 Å². The summed E-state index contributed by atoms with van der Waals surface area (Å²) in [6, 6.07) is 5.61. The van der Waals surface area contributed by atoms with Gasteiger partial charge in [0.2, 0.25) is 0 Å². The SMILES string of the molecule is CCC(C)NC(=O)c1sc2cc(Cl)ccc2c1N. The first-order valence-electron chi connectivity index (χ1n) is 5.81. The zero-order valence-electron chi connectivity index (χ0n) is 10.3. The van der Waals surface area contributed by atoms with Crippen LogP contribution in [0.5, 0.6) is 0 Å². The van der Waals surface area contributed by atoms with Gasteiger partial charge in [-0.25, -0.2) is 0 Å². The molecule has 0 radical (unpaired) electrons. The maximum absolute atomic E-state index is 12.1. The van der Waals surface area contributed by atoms with Crippen LogP contribution < -0.4 is 11.1 Å². The lowest BCUT2D eigenvalue weighted by molar-refractivity contribution is 0.0944. The van der Waals surface area contributed by atoms with Crippen LogP contribution in [0.15, 0.2) is 18.2 Å². The number of amides is 1. The van der Waals surface area contributed by atoms with Crippen LogP contribution in [0.2, 0.25) is 5.02 Å². The molecule has 2 aromatic rings. The number of hydrogen-bond donors (Lipinski definition) is 2. The van der Waals surface area contributed by atoms with E-state index in [0.717, 1.165) is 16.5 Å². The highest BCUT2D eigenvalue weighted by molar-refractivity contribution is 7.21. The molecule has 0 aliphatic carbocycles. The Kier molecular flexibility index (Phi) is 3.78. The van der Waals surface area contributed by atoms with Gasteiger partial charge in [-0.1, -0.05) is 18.5 Å². The number of thiophene rings is 1. The highest BCUT2D eigenvalue weighted by Crippen LogP contribution is 2.35. The van der Waals surface area contributed by atoms with E-state index in [1.54, 1.807) is 6.07 Å². The molecule has 1 unspecified atom stereocenters. The predicted octanol–water partition coefficient (Wildman–Crippen LogP) is 3.67. The smallest absolute Gasteiger partial charge is 0.263 e. The van der Waals surface area contributed by atoms with E-state index in [0.29, 0.717) is 15.6 Å². The molecule has 3 N–H and O–H groups in total. The lowest BCUT2D eigenvalue weighted by atomic mass is 10.2. The van der Waals surface area contributed by atoms with Crippen molar-refractivity contribution in [1.82, 2.24) is 5.32 Å². The van der Waals surface area contributed by atoms with E-state index in [1.807, 2.05) is 26.0 Å². The molecule has 3 nitrogen and oxygen atoms in total. The fourth-order valence-corrected chi connectivity index (χ4v) is 2.95.